The molecule has 0 aromatic heterocycles. The van der Waals surface area contributed by atoms with E-state index in [2.05, 4.69) is 5.43 Å². The Labute approximate surface area is 59.8 Å². The molecule has 4 nitrogen and oxygen atoms in total. The minimum atomic E-state index is 0.0814. The maximum Gasteiger partial charge on any atom is 0.235 e. The molecule has 1 aliphatic rings. The van der Waals surface area contributed by atoms with Gasteiger partial charge in [0.2, 0.25) is 5.91 Å². The van der Waals surface area contributed by atoms with Crippen molar-refractivity contribution in [3.63, 3.8) is 0 Å². The van der Waals surface area contributed by atoms with Gasteiger partial charge in [-0.1, -0.05) is 0 Å². The lowest BCUT2D eigenvalue weighted by molar-refractivity contribution is -0.121. The fourth-order valence-electron chi connectivity index (χ4n) is 0.954. The Morgan fingerprint density at radius 2 is 2.50 bits per heavy atom. The molecule has 0 saturated carbocycles. The van der Waals surface area contributed by atoms with Crippen LogP contribution in [0.1, 0.15) is 12.8 Å². The van der Waals surface area contributed by atoms with Gasteiger partial charge in [0.25, 0.3) is 0 Å². The van der Waals surface area contributed by atoms with Gasteiger partial charge in [-0.25, -0.2) is 5.01 Å². The summed E-state index contributed by atoms with van der Waals surface area (Å²) in [5.74, 6) is 0.0814. The molecular weight excluding hydrogens is 132 g/mol. The smallest absolute Gasteiger partial charge is 0.235 e. The molecule has 0 unspecified atom stereocenters. The Morgan fingerprint density at radius 3 is 3.00 bits per heavy atom. The van der Waals surface area contributed by atoms with Gasteiger partial charge in [0.1, 0.15) is 0 Å². The van der Waals surface area contributed by atoms with Crippen LogP contribution in [0.4, 0.5) is 0 Å². The zero-order valence-corrected chi connectivity index (χ0v) is 5.84. The zero-order valence-electron chi connectivity index (χ0n) is 5.84. The number of amides is 1. The molecular formula is C6H12N2O2. The summed E-state index contributed by atoms with van der Waals surface area (Å²) in [5.41, 5.74) is 2.67. The summed E-state index contributed by atoms with van der Waals surface area (Å²) in [5, 5.41) is 10.3. The Bertz CT molecular complexity index is 127. The number of aliphatic hydroxyl groups is 1. The van der Waals surface area contributed by atoms with E-state index in [1.54, 1.807) is 0 Å². The Kier molecular flexibility index (Phi) is 2.65. The van der Waals surface area contributed by atoms with E-state index in [1.807, 2.05) is 5.01 Å². The van der Waals surface area contributed by atoms with Crippen LogP contribution in [-0.4, -0.2) is 35.7 Å². The van der Waals surface area contributed by atoms with Gasteiger partial charge < -0.3 is 5.11 Å². The van der Waals surface area contributed by atoms with Gasteiger partial charge in [0.05, 0.1) is 0 Å². The summed E-state index contributed by atoms with van der Waals surface area (Å²) in [6.07, 6.45) is 1.31. The predicted octanol–water partition coefficient (Wildman–Crippen LogP) is -0.894. The SMILES string of the molecule is O=C1CCN(CCCO)N1. The standard InChI is InChI=1S/C6H12N2O2/c9-5-1-3-8-4-2-6(10)7-8/h9H,1-5H2,(H,7,10). The van der Waals surface area contributed by atoms with Crippen molar-refractivity contribution in [2.75, 3.05) is 19.7 Å². The third-order valence-corrected chi connectivity index (χ3v) is 1.48. The van der Waals surface area contributed by atoms with E-state index in [0.717, 1.165) is 19.5 Å². The van der Waals surface area contributed by atoms with Crippen LogP contribution < -0.4 is 5.43 Å². The second-order valence-electron chi connectivity index (χ2n) is 2.35. The third kappa shape index (κ3) is 1.97. The number of nitrogens with zero attached hydrogens (tertiary/aromatic N) is 1. The molecule has 0 radical (unpaired) electrons. The number of hydrogen-bond acceptors (Lipinski definition) is 3. The molecule has 0 bridgehead atoms. The van der Waals surface area contributed by atoms with Crippen molar-refractivity contribution in [2.24, 2.45) is 0 Å². The average molecular weight is 144 g/mol. The van der Waals surface area contributed by atoms with Crippen LogP contribution in [0.5, 0.6) is 0 Å². The van der Waals surface area contributed by atoms with Gasteiger partial charge in [0, 0.05) is 26.1 Å². The molecule has 1 heterocycles. The van der Waals surface area contributed by atoms with Crippen molar-refractivity contribution < 1.29 is 9.90 Å². The fourth-order valence-corrected chi connectivity index (χ4v) is 0.954. The summed E-state index contributed by atoms with van der Waals surface area (Å²) in [4.78, 5) is 10.6. The molecule has 1 amide bonds. The number of aliphatic hydroxyl groups excluding tert-OH is 1. The lowest BCUT2D eigenvalue weighted by Crippen LogP contribution is -2.34. The monoisotopic (exact) mass is 144 g/mol. The van der Waals surface area contributed by atoms with E-state index in [0.29, 0.717) is 6.42 Å². The summed E-state index contributed by atoms with van der Waals surface area (Å²) < 4.78 is 0. The van der Waals surface area contributed by atoms with Crippen LogP contribution in [0.15, 0.2) is 0 Å². The van der Waals surface area contributed by atoms with Crippen LogP contribution in [0.25, 0.3) is 0 Å². The van der Waals surface area contributed by atoms with E-state index in [4.69, 9.17) is 5.11 Å². The summed E-state index contributed by atoms with van der Waals surface area (Å²) in [6, 6.07) is 0. The molecule has 0 spiro atoms. The van der Waals surface area contributed by atoms with Crippen LogP contribution in [0.3, 0.4) is 0 Å². The maximum absolute atomic E-state index is 10.6. The second kappa shape index (κ2) is 3.53. The molecule has 0 aliphatic carbocycles. The molecule has 1 rings (SSSR count). The van der Waals surface area contributed by atoms with Gasteiger partial charge >= 0.3 is 0 Å². The lowest BCUT2D eigenvalue weighted by atomic mass is 10.4. The number of hydrazine groups is 1. The van der Waals surface area contributed by atoms with Crippen LogP contribution in [-0.2, 0) is 4.79 Å². The fraction of sp³-hybridized carbons (Fsp3) is 0.833. The first kappa shape index (κ1) is 7.50. The minimum absolute atomic E-state index is 0.0814. The van der Waals surface area contributed by atoms with E-state index in [9.17, 15) is 4.79 Å². The molecule has 2 N–H and O–H groups in total. The average Bonchev–Trinajstić information content (AvgIpc) is 2.31. The van der Waals surface area contributed by atoms with Gasteiger partial charge in [-0.3, -0.25) is 10.2 Å². The van der Waals surface area contributed by atoms with Crippen molar-refractivity contribution in [1.29, 1.82) is 0 Å². The van der Waals surface area contributed by atoms with Gasteiger partial charge in [-0.15, -0.1) is 0 Å². The van der Waals surface area contributed by atoms with Crippen molar-refractivity contribution in [2.45, 2.75) is 12.8 Å². The molecule has 10 heavy (non-hydrogen) atoms. The van der Waals surface area contributed by atoms with Crippen molar-refractivity contribution in [1.82, 2.24) is 10.4 Å². The minimum Gasteiger partial charge on any atom is -0.396 e. The highest BCUT2D eigenvalue weighted by molar-refractivity contribution is 5.77. The van der Waals surface area contributed by atoms with Crippen LogP contribution in [0, 0.1) is 0 Å². The predicted molar refractivity (Wildman–Crippen MR) is 36.0 cm³/mol. The normalized spacial score (nSPS) is 19.5. The summed E-state index contributed by atoms with van der Waals surface area (Å²) in [7, 11) is 0. The molecule has 4 heteroatoms. The number of nitrogens with one attached hydrogen (secondary N) is 1. The first-order valence-corrected chi connectivity index (χ1v) is 3.48. The molecule has 1 saturated heterocycles. The largest absolute Gasteiger partial charge is 0.396 e. The second-order valence-corrected chi connectivity index (χ2v) is 2.35. The Hall–Kier alpha value is -0.610. The first-order valence-electron chi connectivity index (χ1n) is 3.48. The third-order valence-electron chi connectivity index (χ3n) is 1.48. The summed E-state index contributed by atoms with van der Waals surface area (Å²) in [6.45, 7) is 1.72. The van der Waals surface area contributed by atoms with Gasteiger partial charge in [-0.2, -0.15) is 0 Å². The molecule has 0 aromatic rings. The highest BCUT2D eigenvalue weighted by Crippen LogP contribution is 1.97. The molecule has 58 valence electrons. The topological polar surface area (TPSA) is 52.6 Å². The Balaban J connectivity index is 2.12. The van der Waals surface area contributed by atoms with Crippen LogP contribution in [0.2, 0.25) is 0 Å². The van der Waals surface area contributed by atoms with Crippen molar-refractivity contribution in [3.05, 3.63) is 0 Å². The Morgan fingerprint density at radius 1 is 1.70 bits per heavy atom. The number of carbonyl (C=O) groups is 1. The number of carbonyl (C=O) groups excluding carboxylic acids is 1. The van der Waals surface area contributed by atoms with Crippen molar-refractivity contribution >= 4 is 5.91 Å². The summed E-state index contributed by atoms with van der Waals surface area (Å²) >= 11 is 0. The quantitative estimate of drug-likeness (QED) is 0.540. The molecule has 0 aromatic carbocycles. The molecule has 0 atom stereocenters. The zero-order chi connectivity index (χ0) is 7.40. The maximum atomic E-state index is 10.6. The van der Waals surface area contributed by atoms with Crippen LogP contribution >= 0.6 is 0 Å². The van der Waals surface area contributed by atoms with E-state index in [1.165, 1.54) is 0 Å². The first-order chi connectivity index (χ1) is 4.83. The highest BCUT2D eigenvalue weighted by atomic mass is 16.3. The molecule has 1 aliphatic heterocycles. The highest BCUT2D eigenvalue weighted by Gasteiger charge is 2.16. The van der Waals surface area contributed by atoms with Gasteiger partial charge in [0.15, 0.2) is 0 Å². The van der Waals surface area contributed by atoms with Gasteiger partial charge in [-0.05, 0) is 6.42 Å². The number of hydrogen-bond donors (Lipinski definition) is 2. The number of rotatable bonds is 3. The van der Waals surface area contributed by atoms with E-state index >= 15 is 0 Å². The molecule has 1 fully saturated rings. The van der Waals surface area contributed by atoms with E-state index < -0.39 is 0 Å². The lowest BCUT2D eigenvalue weighted by Gasteiger charge is -2.12. The van der Waals surface area contributed by atoms with Crippen molar-refractivity contribution in [3.8, 4) is 0 Å². The van der Waals surface area contributed by atoms with E-state index in [-0.39, 0.29) is 12.5 Å².